The van der Waals surface area contributed by atoms with Crippen molar-refractivity contribution in [1.29, 1.82) is 0 Å². The number of nitrogens with one attached hydrogen (secondary N) is 1. The van der Waals surface area contributed by atoms with Gasteiger partial charge in [0.15, 0.2) is 0 Å². The number of benzene rings is 1. The van der Waals surface area contributed by atoms with Crippen molar-refractivity contribution in [1.82, 2.24) is 15.1 Å². The van der Waals surface area contributed by atoms with Gasteiger partial charge >= 0.3 is 0 Å². The number of amides is 2. The first-order valence-electron chi connectivity index (χ1n) is 9.47. The number of methoxy groups -OCH3 is 1. The summed E-state index contributed by atoms with van der Waals surface area (Å²) in [6.07, 6.45) is 6.94. The molecule has 144 valence electrons. The first-order chi connectivity index (χ1) is 13.1. The molecule has 6 nitrogen and oxygen atoms in total. The lowest BCUT2D eigenvalue weighted by molar-refractivity contribution is -0.132. The molecule has 27 heavy (non-hydrogen) atoms. The van der Waals surface area contributed by atoms with Gasteiger partial charge in [0.25, 0.3) is 0 Å². The lowest BCUT2D eigenvalue weighted by atomic mass is 10.1. The molecule has 1 aliphatic carbocycles. The zero-order valence-electron chi connectivity index (χ0n) is 15.8. The fourth-order valence-electron chi connectivity index (χ4n) is 3.70. The molecule has 6 heteroatoms. The fraction of sp³-hybridized carbons (Fsp3) is 0.524. The minimum absolute atomic E-state index is 0.0620. The monoisotopic (exact) mass is 369 g/mol. The third kappa shape index (κ3) is 5.01. The number of nitrogens with zero attached hydrogens (tertiary/aromatic N) is 2. The molecule has 1 aliphatic heterocycles. The van der Waals surface area contributed by atoms with Crippen molar-refractivity contribution in [2.24, 2.45) is 5.92 Å². The Morgan fingerprint density at radius 1 is 1.30 bits per heavy atom. The van der Waals surface area contributed by atoms with Crippen LogP contribution in [0.4, 0.5) is 0 Å². The minimum atomic E-state index is -0.0620. The molecule has 1 saturated carbocycles. The smallest absolute Gasteiger partial charge is 0.234 e. The molecule has 1 aromatic carbocycles. The van der Waals surface area contributed by atoms with E-state index >= 15 is 0 Å². The Bertz CT molecular complexity index is 728. The van der Waals surface area contributed by atoms with Gasteiger partial charge in [-0.1, -0.05) is 18.1 Å². The summed E-state index contributed by atoms with van der Waals surface area (Å²) in [4.78, 5) is 28.8. The number of hydrogen-bond donors (Lipinski definition) is 1. The number of carbonyl (C=O) groups is 2. The number of carbonyl (C=O) groups excluding carboxylic acids is 2. The summed E-state index contributed by atoms with van der Waals surface area (Å²) in [5.74, 6) is 3.78. The number of hydrogen-bond acceptors (Lipinski definition) is 4. The Morgan fingerprint density at radius 2 is 2.15 bits per heavy atom. The van der Waals surface area contributed by atoms with Crippen molar-refractivity contribution >= 4 is 11.8 Å². The standard InChI is InChI=1S/C21H27N3O3/c1-3-8-22-20(25)15-23-9-5-10-24(12-11-23)21(26)19-14-18(19)16-6-4-7-17(13-16)27-2/h1,4,6-7,13,18-19H,5,8-12,14-15H2,2H3,(H,22,25). The van der Waals surface area contributed by atoms with E-state index in [0.717, 1.165) is 31.7 Å². The van der Waals surface area contributed by atoms with Gasteiger partial charge in [-0.05, 0) is 36.5 Å². The molecule has 0 radical (unpaired) electrons. The summed E-state index contributed by atoms with van der Waals surface area (Å²) in [5.41, 5.74) is 1.18. The molecule has 2 aliphatic rings. The van der Waals surface area contributed by atoms with Gasteiger partial charge in [-0.3, -0.25) is 14.5 Å². The molecule has 2 amide bonds. The van der Waals surface area contributed by atoms with E-state index in [2.05, 4.69) is 22.2 Å². The van der Waals surface area contributed by atoms with Crippen molar-refractivity contribution < 1.29 is 14.3 Å². The Balaban J connectivity index is 1.50. The maximum Gasteiger partial charge on any atom is 0.234 e. The fourth-order valence-corrected chi connectivity index (χ4v) is 3.70. The SMILES string of the molecule is C#CCNC(=O)CN1CCCN(C(=O)C2CC2c2cccc(OC)c2)CC1. The van der Waals surface area contributed by atoms with E-state index < -0.39 is 0 Å². The lowest BCUT2D eigenvalue weighted by Gasteiger charge is -2.22. The van der Waals surface area contributed by atoms with E-state index in [1.807, 2.05) is 23.1 Å². The molecular formula is C21H27N3O3. The highest BCUT2D eigenvalue weighted by molar-refractivity contribution is 5.83. The number of rotatable bonds is 6. The van der Waals surface area contributed by atoms with Crippen molar-refractivity contribution in [3.63, 3.8) is 0 Å². The molecule has 0 aromatic heterocycles. The summed E-state index contributed by atoms with van der Waals surface area (Å²) in [7, 11) is 1.66. The van der Waals surface area contributed by atoms with E-state index in [4.69, 9.17) is 11.2 Å². The third-order valence-electron chi connectivity index (χ3n) is 5.28. The second-order valence-electron chi connectivity index (χ2n) is 7.16. The van der Waals surface area contributed by atoms with Crippen LogP contribution in [0, 0.1) is 18.3 Å². The highest BCUT2D eigenvalue weighted by Gasteiger charge is 2.45. The highest BCUT2D eigenvalue weighted by atomic mass is 16.5. The van der Waals surface area contributed by atoms with Gasteiger partial charge in [-0.15, -0.1) is 6.42 Å². The van der Waals surface area contributed by atoms with Crippen molar-refractivity contribution in [2.75, 3.05) is 46.4 Å². The molecule has 3 rings (SSSR count). The number of terminal acetylenes is 1. The molecule has 1 aromatic rings. The van der Waals surface area contributed by atoms with Crippen molar-refractivity contribution in [3.05, 3.63) is 29.8 Å². The molecule has 1 heterocycles. The van der Waals surface area contributed by atoms with Gasteiger partial charge in [0.2, 0.25) is 11.8 Å². The minimum Gasteiger partial charge on any atom is -0.497 e. The van der Waals surface area contributed by atoms with Crippen LogP contribution in [0.25, 0.3) is 0 Å². The van der Waals surface area contributed by atoms with Crippen LogP contribution in [0.3, 0.4) is 0 Å². The van der Waals surface area contributed by atoms with Crippen molar-refractivity contribution in [3.8, 4) is 18.1 Å². The van der Waals surface area contributed by atoms with Crippen LogP contribution in [-0.2, 0) is 9.59 Å². The van der Waals surface area contributed by atoms with E-state index in [-0.39, 0.29) is 24.3 Å². The molecule has 1 N–H and O–H groups in total. The molecule has 0 bridgehead atoms. The summed E-state index contributed by atoms with van der Waals surface area (Å²) < 4.78 is 5.28. The third-order valence-corrected chi connectivity index (χ3v) is 5.28. The van der Waals surface area contributed by atoms with E-state index in [1.165, 1.54) is 5.56 Å². The highest BCUT2D eigenvalue weighted by Crippen LogP contribution is 2.49. The molecular weight excluding hydrogens is 342 g/mol. The average molecular weight is 369 g/mol. The summed E-state index contributed by atoms with van der Waals surface area (Å²) in [5, 5.41) is 2.69. The summed E-state index contributed by atoms with van der Waals surface area (Å²) >= 11 is 0. The maximum atomic E-state index is 12.9. The molecule has 2 unspecified atom stereocenters. The van der Waals surface area contributed by atoms with Gasteiger partial charge in [0.05, 0.1) is 20.2 Å². The Kier molecular flexibility index (Phi) is 6.36. The van der Waals surface area contributed by atoms with Crippen LogP contribution in [0.15, 0.2) is 24.3 Å². The van der Waals surface area contributed by atoms with Gasteiger partial charge in [-0.2, -0.15) is 0 Å². The van der Waals surface area contributed by atoms with Crippen LogP contribution in [0.2, 0.25) is 0 Å². The van der Waals surface area contributed by atoms with Crippen LogP contribution in [0.5, 0.6) is 5.75 Å². The van der Waals surface area contributed by atoms with Crippen LogP contribution in [0.1, 0.15) is 24.3 Å². The molecule has 0 spiro atoms. The van der Waals surface area contributed by atoms with Crippen LogP contribution < -0.4 is 10.1 Å². The van der Waals surface area contributed by atoms with Crippen molar-refractivity contribution in [2.45, 2.75) is 18.8 Å². The summed E-state index contributed by atoms with van der Waals surface area (Å²) in [6.45, 7) is 3.54. The van der Waals surface area contributed by atoms with Crippen LogP contribution >= 0.6 is 0 Å². The van der Waals surface area contributed by atoms with Gasteiger partial charge in [0, 0.05) is 32.1 Å². The van der Waals surface area contributed by atoms with E-state index in [0.29, 0.717) is 25.6 Å². The first-order valence-corrected chi connectivity index (χ1v) is 9.47. The zero-order valence-corrected chi connectivity index (χ0v) is 15.8. The van der Waals surface area contributed by atoms with Gasteiger partial charge in [0.1, 0.15) is 5.75 Å². The van der Waals surface area contributed by atoms with Crippen LogP contribution in [-0.4, -0.2) is 68.0 Å². The van der Waals surface area contributed by atoms with Gasteiger partial charge in [-0.25, -0.2) is 0 Å². The quantitative estimate of drug-likeness (QED) is 0.763. The lowest BCUT2D eigenvalue weighted by Crippen LogP contribution is -2.40. The normalized spacial score (nSPS) is 22.4. The second kappa shape index (κ2) is 8.92. The zero-order chi connectivity index (χ0) is 19.2. The van der Waals surface area contributed by atoms with E-state index in [1.54, 1.807) is 7.11 Å². The number of ether oxygens (including phenoxy) is 1. The van der Waals surface area contributed by atoms with E-state index in [9.17, 15) is 9.59 Å². The Morgan fingerprint density at radius 3 is 2.93 bits per heavy atom. The molecule has 2 atom stereocenters. The first kappa shape index (κ1) is 19.2. The Labute approximate surface area is 160 Å². The Hall–Kier alpha value is -2.52. The maximum absolute atomic E-state index is 12.9. The molecule has 1 saturated heterocycles. The predicted molar refractivity (Wildman–Crippen MR) is 103 cm³/mol. The second-order valence-corrected chi connectivity index (χ2v) is 7.16. The topological polar surface area (TPSA) is 61.9 Å². The predicted octanol–water partition coefficient (Wildman–Crippen LogP) is 1.08. The largest absolute Gasteiger partial charge is 0.497 e. The van der Waals surface area contributed by atoms with Gasteiger partial charge < -0.3 is 15.0 Å². The average Bonchev–Trinajstić information content (AvgIpc) is 3.50. The molecule has 2 fully saturated rings. The summed E-state index contributed by atoms with van der Waals surface area (Å²) in [6, 6.07) is 7.99.